The summed E-state index contributed by atoms with van der Waals surface area (Å²) in [6.07, 6.45) is 29.7. The highest BCUT2D eigenvalue weighted by Crippen LogP contribution is 2.14. The van der Waals surface area contributed by atoms with Crippen molar-refractivity contribution >= 4 is 5.91 Å². The van der Waals surface area contributed by atoms with Crippen LogP contribution in [0, 0.1) is 0 Å². The highest BCUT2D eigenvalue weighted by molar-refractivity contribution is 5.80. The SMILES string of the molecule is CCCCCCCCCCCCC[C@@H](O)C(=O)N[C@@H](CO)[C@H](O)/C=C/CC/C=C(\C)CCCCCCCCC. The summed E-state index contributed by atoms with van der Waals surface area (Å²) in [5.41, 5.74) is 1.42. The number of carbonyl (C=O) groups excluding carboxylic acids is 1. The molecule has 0 spiro atoms. The van der Waals surface area contributed by atoms with Gasteiger partial charge in [-0.1, -0.05) is 147 Å². The molecule has 0 aliphatic carbocycles. The Bertz CT molecular complexity index is 604. The molecule has 230 valence electrons. The Balaban J connectivity index is 3.98. The van der Waals surface area contributed by atoms with Gasteiger partial charge in [-0.2, -0.15) is 0 Å². The average Bonchev–Trinajstić information content (AvgIpc) is 2.93. The fourth-order valence-corrected chi connectivity index (χ4v) is 4.91. The molecule has 0 aliphatic heterocycles. The maximum atomic E-state index is 12.3. The van der Waals surface area contributed by atoms with E-state index < -0.39 is 24.2 Å². The molecule has 0 fully saturated rings. The van der Waals surface area contributed by atoms with E-state index in [1.807, 2.05) is 6.08 Å². The second-order valence-electron chi connectivity index (χ2n) is 11.6. The van der Waals surface area contributed by atoms with E-state index in [1.165, 1.54) is 102 Å². The van der Waals surface area contributed by atoms with Gasteiger partial charge in [0.1, 0.15) is 6.10 Å². The third-order valence-corrected chi connectivity index (χ3v) is 7.65. The molecule has 0 aromatic carbocycles. The Hall–Kier alpha value is -1.17. The van der Waals surface area contributed by atoms with Crippen molar-refractivity contribution in [2.75, 3.05) is 6.61 Å². The van der Waals surface area contributed by atoms with Crippen LogP contribution in [0.25, 0.3) is 0 Å². The molecule has 0 radical (unpaired) electrons. The van der Waals surface area contributed by atoms with Crippen molar-refractivity contribution in [1.29, 1.82) is 0 Å². The van der Waals surface area contributed by atoms with Gasteiger partial charge >= 0.3 is 0 Å². The molecule has 0 saturated carbocycles. The van der Waals surface area contributed by atoms with Crippen LogP contribution in [0.4, 0.5) is 0 Å². The van der Waals surface area contributed by atoms with Crippen molar-refractivity contribution in [3.05, 3.63) is 23.8 Å². The molecule has 0 aliphatic rings. The molecule has 39 heavy (non-hydrogen) atoms. The molecule has 0 saturated heterocycles. The van der Waals surface area contributed by atoms with Gasteiger partial charge in [0.05, 0.1) is 18.8 Å². The van der Waals surface area contributed by atoms with Crippen molar-refractivity contribution in [3.8, 4) is 0 Å². The van der Waals surface area contributed by atoms with Crippen LogP contribution < -0.4 is 5.32 Å². The van der Waals surface area contributed by atoms with Gasteiger partial charge in [-0.25, -0.2) is 0 Å². The lowest BCUT2D eigenvalue weighted by molar-refractivity contribution is -0.131. The first-order chi connectivity index (χ1) is 19.0. The zero-order valence-corrected chi connectivity index (χ0v) is 26.0. The Morgan fingerprint density at radius 1 is 0.718 bits per heavy atom. The van der Waals surface area contributed by atoms with Gasteiger partial charge < -0.3 is 20.6 Å². The van der Waals surface area contributed by atoms with Gasteiger partial charge in [-0.15, -0.1) is 0 Å². The average molecular weight is 552 g/mol. The maximum absolute atomic E-state index is 12.3. The maximum Gasteiger partial charge on any atom is 0.249 e. The molecule has 1 amide bonds. The van der Waals surface area contributed by atoms with Crippen LogP contribution in [0.1, 0.15) is 162 Å². The van der Waals surface area contributed by atoms with Gasteiger partial charge in [0.2, 0.25) is 5.91 Å². The van der Waals surface area contributed by atoms with Crippen molar-refractivity contribution in [2.24, 2.45) is 0 Å². The minimum atomic E-state index is -1.10. The van der Waals surface area contributed by atoms with Crippen molar-refractivity contribution in [2.45, 2.75) is 180 Å². The number of hydrogen-bond donors (Lipinski definition) is 4. The predicted octanol–water partition coefficient (Wildman–Crippen LogP) is 8.31. The van der Waals surface area contributed by atoms with E-state index in [2.05, 4.69) is 32.2 Å². The Morgan fingerprint density at radius 3 is 1.72 bits per heavy atom. The lowest BCUT2D eigenvalue weighted by atomic mass is 10.0. The number of hydrogen-bond acceptors (Lipinski definition) is 4. The second kappa shape index (κ2) is 28.4. The summed E-state index contributed by atoms with van der Waals surface area (Å²) in [7, 11) is 0. The standard InChI is InChI=1S/C34H65NO4/c1-4-6-8-10-12-13-14-15-17-19-23-28-33(38)34(39)35-31(29-36)32(37)27-24-20-22-26-30(3)25-21-18-16-11-9-7-5-2/h24,26-27,31-33,36-38H,4-23,25,28-29H2,1-3H3,(H,35,39)/b27-24+,30-26+/t31-,32+,33+/m0/s1. The molecule has 0 aromatic heterocycles. The third-order valence-electron chi connectivity index (χ3n) is 7.65. The zero-order valence-electron chi connectivity index (χ0n) is 26.0. The van der Waals surface area contributed by atoms with Gasteiger partial charge in [0.25, 0.3) is 0 Å². The van der Waals surface area contributed by atoms with Crippen molar-refractivity contribution in [1.82, 2.24) is 5.32 Å². The van der Waals surface area contributed by atoms with E-state index in [4.69, 9.17) is 0 Å². The highest BCUT2D eigenvalue weighted by atomic mass is 16.3. The topological polar surface area (TPSA) is 89.8 Å². The Morgan fingerprint density at radius 2 is 1.21 bits per heavy atom. The van der Waals surface area contributed by atoms with Crippen LogP contribution in [-0.2, 0) is 4.79 Å². The molecule has 3 atom stereocenters. The number of allylic oxidation sites excluding steroid dienone is 3. The molecule has 0 rings (SSSR count). The summed E-state index contributed by atoms with van der Waals surface area (Å²) in [5, 5.41) is 32.8. The summed E-state index contributed by atoms with van der Waals surface area (Å²) in [4.78, 5) is 12.3. The van der Waals surface area contributed by atoms with Crippen molar-refractivity contribution in [3.63, 3.8) is 0 Å². The van der Waals surface area contributed by atoms with Gasteiger partial charge in [0, 0.05) is 0 Å². The number of rotatable bonds is 28. The monoisotopic (exact) mass is 551 g/mol. The summed E-state index contributed by atoms with van der Waals surface area (Å²) in [6, 6.07) is -0.810. The lowest BCUT2D eigenvalue weighted by Crippen LogP contribution is -2.48. The van der Waals surface area contributed by atoms with Crippen LogP contribution in [-0.4, -0.2) is 46.1 Å². The van der Waals surface area contributed by atoms with Crippen LogP contribution in [0.2, 0.25) is 0 Å². The number of amides is 1. The summed E-state index contributed by atoms with van der Waals surface area (Å²) in [5.74, 6) is -0.516. The van der Waals surface area contributed by atoms with Crippen molar-refractivity contribution < 1.29 is 20.1 Å². The normalized spacial score (nSPS) is 14.6. The van der Waals surface area contributed by atoms with E-state index in [-0.39, 0.29) is 6.61 Å². The molecule has 0 aromatic rings. The van der Waals surface area contributed by atoms with Gasteiger partial charge in [-0.05, 0) is 39.0 Å². The first-order valence-corrected chi connectivity index (χ1v) is 16.6. The number of nitrogens with one attached hydrogen (secondary N) is 1. The second-order valence-corrected chi connectivity index (χ2v) is 11.6. The number of unbranched alkanes of at least 4 members (excludes halogenated alkanes) is 17. The first-order valence-electron chi connectivity index (χ1n) is 16.6. The number of aliphatic hydroxyl groups excluding tert-OH is 3. The lowest BCUT2D eigenvalue weighted by Gasteiger charge is -2.21. The quantitative estimate of drug-likeness (QED) is 0.0581. The molecule has 4 N–H and O–H groups in total. The largest absolute Gasteiger partial charge is 0.394 e. The van der Waals surface area contributed by atoms with E-state index in [9.17, 15) is 20.1 Å². The van der Waals surface area contributed by atoms with Crippen LogP contribution in [0.5, 0.6) is 0 Å². The van der Waals surface area contributed by atoms with Crippen LogP contribution in [0.3, 0.4) is 0 Å². The molecule has 5 heteroatoms. The summed E-state index contributed by atoms with van der Waals surface area (Å²) < 4.78 is 0. The molecule has 0 heterocycles. The molecule has 0 unspecified atom stereocenters. The molecular weight excluding hydrogens is 486 g/mol. The van der Waals surface area contributed by atoms with Gasteiger partial charge in [0.15, 0.2) is 0 Å². The summed E-state index contributed by atoms with van der Waals surface area (Å²) >= 11 is 0. The summed E-state index contributed by atoms with van der Waals surface area (Å²) in [6.45, 7) is 6.31. The Kier molecular flexibility index (Phi) is 27.5. The number of carbonyl (C=O) groups is 1. The fraction of sp³-hybridized carbons (Fsp3) is 0.853. The third kappa shape index (κ3) is 24.4. The van der Waals surface area contributed by atoms with E-state index in [0.29, 0.717) is 6.42 Å². The van der Waals surface area contributed by atoms with E-state index in [1.54, 1.807) is 6.08 Å². The smallest absolute Gasteiger partial charge is 0.249 e. The first kappa shape index (κ1) is 37.8. The fourth-order valence-electron chi connectivity index (χ4n) is 4.91. The highest BCUT2D eigenvalue weighted by Gasteiger charge is 2.22. The minimum Gasteiger partial charge on any atom is -0.394 e. The minimum absolute atomic E-state index is 0.375. The predicted molar refractivity (Wildman–Crippen MR) is 167 cm³/mol. The number of aliphatic hydroxyl groups is 3. The molecule has 5 nitrogen and oxygen atoms in total. The van der Waals surface area contributed by atoms with E-state index in [0.717, 1.165) is 38.5 Å². The van der Waals surface area contributed by atoms with Gasteiger partial charge in [-0.3, -0.25) is 4.79 Å². The zero-order chi connectivity index (χ0) is 29.0. The molecular formula is C34H65NO4. The molecule has 0 bridgehead atoms. The Labute approximate surface area is 241 Å². The van der Waals surface area contributed by atoms with Crippen LogP contribution in [0.15, 0.2) is 23.8 Å². The van der Waals surface area contributed by atoms with E-state index >= 15 is 0 Å². The van der Waals surface area contributed by atoms with Crippen LogP contribution >= 0.6 is 0 Å².